The Morgan fingerprint density at radius 2 is 1.71 bits per heavy atom. The number of aromatic nitrogens is 1. The number of fused-ring (bicyclic) bond motifs is 1. The van der Waals surface area contributed by atoms with E-state index < -0.39 is 5.82 Å². The molecule has 0 atom stereocenters. The number of hydrogen-bond donors (Lipinski definition) is 3. The van der Waals surface area contributed by atoms with Crippen LogP contribution >= 0.6 is 0 Å². The van der Waals surface area contributed by atoms with Crippen molar-refractivity contribution >= 4 is 34.1 Å². The maximum absolute atomic E-state index is 15.1. The van der Waals surface area contributed by atoms with Gasteiger partial charge in [0, 0.05) is 47.6 Å². The van der Waals surface area contributed by atoms with E-state index in [0.717, 1.165) is 18.5 Å². The third-order valence-corrected chi connectivity index (χ3v) is 5.84. The molecule has 5 rings (SSSR count). The average molecular weight is 455 g/mol. The summed E-state index contributed by atoms with van der Waals surface area (Å²) >= 11 is 0. The number of para-hydroxylation sites is 1. The van der Waals surface area contributed by atoms with Gasteiger partial charge in [-0.15, -0.1) is 0 Å². The van der Waals surface area contributed by atoms with Crippen LogP contribution in [0.25, 0.3) is 22.0 Å². The maximum Gasteiger partial charge on any atom is 0.255 e. The van der Waals surface area contributed by atoms with Crippen molar-refractivity contribution in [2.24, 2.45) is 0 Å². The number of benzene rings is 3. The monoisotopic (exact) mass is 454 g/mol. The normalized spacial score (nSPS) is 12.9. The lowest BCUT2D eigenvalue weighted by Crippen LogP contribution is -2.26. The summed E-state index contributed by atoms with van der Waals surface area (Å²) in [6.07, 6.45) is 3.42. The number of carbonyl (C=O) groups excluding carboxylic acids is 2. The summed E-state index contributed by atoms with van der Waals surface area (Å²) in [6.45, 7) is 0. The molecule has 7 heteroatoms. The topological polar surface area (TPSA) is 83.1 Å². The lowest BCUT2D eigenvalue weighted by atomic mass is 9.99. The van der Waals surface area contributed by atoms with Gasteiger partial charge in [0.25, 0.3) is 11.8 Å². The Morgan fingerprint density at radius 3 is 2.38 bits per heavy atom. The van der Waals surface area contributed by atoms with Gasteiger partial charge in [-0.25, -0.2) is 4.39 Å². The van der Waals surface area contributed by atoms with Crippen LogP contribution in [0.5, 0.6) is 0 Å². The summed E-state index contributed by atoms with van der Waals surface area (Å²) < 4.78 is 15.1. The molecule has 170 valence electrons. The number of carbonyl (C=O) groups is 2. The average Bonchev–Trinajstić information content (AvgIpc) is 3.68. The van der Waals surface area contributed by atoms with Crippen LogP contribution in [0.1, 0.15) is 33.6 Å². The molecule has 1 fully saturated rings. The van der Waals surface area contributed by atoms with Crippen LogP contribution in [0, 0.1) is 5.82 Å². The van der Waals surface area contributed by atoms with E-state index in [4.69, 9.17) is 0 Å². The zero-order chi connectivity index (χ0) is 23.7. The van der Waals surface area contributed by atoms with Gasteiger partial charge < -0.3 is 16.0 Å². The van der Waals surface area contributed by atoms with Crippen LogP contribution in [-0.2, 0) is 0 Å². The number of amides is 2. The van der Waals surface area contributed by atoms with E-state index in [9.17, 15) is 9.59 Å². The predicted octanol–water partition coefficient (Wildman–Crippen LogP) is 5.04. The highest BCUT2D eigenvalue weighted by Crippen LogP contribution is 2.35. The van der Waals surface area contributed by atoms with Gasteiger partial charge in [-0.05, 0) is 48.7 Å². The number of pyridine rings is 1. The van der Waals surface area contributed by atoms with Gasteiger partial charge in [-0.2, -0.15) is 0 Å². The number of nitrogens with zero attached hydrogens (tertiary/aromatic N) is 1. The third-order valence-electron chi connectivity index (χ3n) is 5.84. The largest absolute Gasteiger partial charge is 0.355 e. The summed E-state index contributed by atoms with van der Waals surface area (Å²) in [5, 5.41) is 9.55. The minimum Gasteiger partial charge on any atom is -0.355 e. The molecule has 0 bridgehead atoms. The van der Waals surface area contributed by atoms with Gasteiger partial charge in [0.05, 0.1) is 16.8 Å². The van der Waals surface area contributed by atoms with Crippen LogP contribution in [0.3, 0.4) is 0 Å². The fourth-order valence-electron chi connectivity index (χ4n) is 3.84. The number of hydrogen-bond acceptors (Lipinski definition) is 4. The van der Waals surface area contributed by atoms with E-state index in [2.05, 4.69) is 20.9 Å². The fraction of sp³-hybridized carbons (Fsp3) is 0.148. The van der Waals surface area contributed by atoms with Crippen molar-refractivity contribution in [1.29, 1.82) is 0 Å². The van der Waals surface area contributed by atoms with Gasteiger partial charge in [0.1, 0.15) is 5.82 Å². The molecule has 1 aliphatic rings. The lowest BCUT2D eigenvalue weighted by Gasteiger charge is -2.16. The van der Waals surface area contributed by atoms with Gasteiger partial charge in [0.15, 0.2) is 0 Å². The summed E-state index contributed by atoms with van der Waals surface area (Å²) in [5.74, 6) is -0.861. The Hall–Kier alpha value is -4.26. The van der Waals surface area contributed by atoms with Crippen molar-refractivity contribution in [2.45, 2.75) is 18.9 Å². The van der Waals surface area contributed by atoms with Crippen LogP contribution in [-0.4, -0.2) is 29.9 Å². The van der Waals surface area contributed by atoms with Gasteiger partial charge in [-0.1, -0.05) is 30.3 Å². The Kier molecular flexibility index (Phi) is 5.67. The number of anilines is 2. The molecule has 0 unspecified atom stereocenters. The summed E-state index contributed by atoms with van der Waals surface area (Å²) in [7, 11) is 1.56. The van der Waals surface area contributed by atoms with E-state index in [-0.39, 0.29) is 17.9 Å². The van der Waals surface area contributed by atoms with Crippen molar-refractivity contribution in [2.75, 3.05) is 12.4 Å². The Balaban J connectivity index is 1.64. The van der Waals surface area contributed by atoms with Crippen LogP contribution in [0.4, 0.5) is 15.8 Å². The maximum atomic E-state index is 15.1. The minimum atomic E-state index is -0.437. The standard InChI is InChI=1S/C27H23FN4O2/c1-29-26(33)17-9-7-16(8-10-17)20-13-21-24(14-23(20)28)30-15-22(27(34)32-19-11-12-19)25(21)31-18-5-3-2-4-6-18/h2-10,13-15,19H,11-12H2,1H3,(H,29,33)(H,30,31)(H,32,34). The minimum absolute atomic E-state index is 0.190. The molecule has 1 aromatic heterocycles. The molecule has 0 aliphatic heterocycles. The van der Waals surface area contributed by atoms with E-state index >= 15 is 4.39 Å². The molecular formula is C27H23FN4O2. The first-order valence-electron chi connectivity index (χ1n) is 11.1. The smallest absolute Gasteiger partial charge is 0.255 e. The third kappa shape index (κ3) is 4.32. The predicted molar refractivity (Wildman–Crippen MR) is 131 cm³/mol. The first-order valence-corrected chi connectivity index (χ1v) is 11.1. The lowest BCUT2D eigenvalue weighted by molar-refractivity contribution is 0.0947. The first-order chi connectivity index (χ1) is 16.5. The molecule has 0 saturated heterocycles. The number of rotatable bonds is 6. The molecule has 1 heterocycles. The SMILES string of the molecule is CNC(=O)c1ccc(-c2cc3c(Nc4ccccc4)c(C(=O)NC4CC4)cnc3cc2F)cc1. The molecular weight excluding hydrogens is 431 g/mol. The van der Waals surface area contributed by atoms with Crippen molar-refractivity contribution < 1.29 is 14.0 Å². The second-order valence-corrected chi connectivity index (χ2v) is 8.29. The zero-order valence-electron chi connectivity index (χ0n) is 18.6. The van der Waals surface area contributed by atoms with Gasteiger partial charge in [-0.3, -0.25) is 14.6 Å². The molecule has 3 aromatic carbocycles. The molecule has 6 nitrogen and oxygen atoms in total. The molecule has 2 amide bonds. The highest BCUT2D eigenvalue weighted by Gasteiger charge is 2.26. The molecule has 4 aromatic rings. The highest BCUT2D eigenvalue weighted by atomic mass is 19.1. The van der Waals surface area contributed by atoms with Crippen LogP contribution in [0.15, 0.2) is 72.9 Å². The Morgan fingerprint density at radius 1 is 0.971 bits per heavy atom. The molecule has 1 saturated carbocycles. The highest BCUT2D eigenvalue weighted by molar-refractivity contribution is 6.09. The van der Waals surface area contributed by atoms with Crippen molar-refractivity contribution in [3.63, 3.8) is 0 Å². The molecule has 0 spiro atoms. The van der Waals surface area contributed by atoms with Crippen molar-refractivity contribution in [3.8, 4) is 11.1 Å². The summed E-state index contributed by atoms with van der Waals surface area (Å²) in [5.41, 5.74) is 3.66. The first kappa shape index (κ1) is 21.6. The zero-order valence-corrected chi connectivity index (χ0v) is 18.6. The summed E-state index contributed by atoms with van der Waals surface area (Å²) in [6, 6.07) is 19.5. The quantitative estimate of drug-likeness (QED) is 0.381. The van der Waals surface area contributed by atoms with Gasteiger partial charge in [0.2, 0.25) is 0 Å². The summed E-state index contributed by atoms with van der Waals surface area (Å²) in [4.78, 5) is 29.2. The van der Waals surface area contributed by atoms with Crippen LogP contribution in [0.2, 0.25) is 0 Å². The Labute approximate surface area is 196 Å². The van der Waals surface area contributed by atoms with Crippen LogP contribution < -0.4 is 16.0 Å². The van der Waals surface area contributed by atoms with Gasteiger partial charge >= 0.3 is 0 Å². The van der Waals surface area contributed by atoms with Crippen molar-refractivity contribution in [1.82, 2.24) is 15.6 Å². The molecule has 1 aliphatic carbocycles. The van der Waals surface area contributed by atoms with Crippen molar-refractivity contribution in [3.05, 3.63) is 89.9 Å². The molecule has 0 radical (unpaired) electrons. The Bertz CT molecular complexity index is 1380. The van der Waals surface area contributed by atoms with E-state index in [1.54, 1.807) is 37.4 Å². The van der Waals surface area contributed by atoms with E-state index in [0.29, 0.717) is 38.8 Å². The molecule has 34 heavy (non-hydrogen) atoms. The van der Waals surface area contributed by atoms with E-state index in [1.165, 1.54) is 12.3 Å². The number of halogens is 1. The fourth-order valence-corrected chi connectivity index (χ4v) is 3.84. The number of nitrogens with one attached hydrogen (secondary N) is 3. The second-order valence-electron chi connectivity index (χ2n) is 8.29. The van der Waals surface area contributed by atoms with E-state index in [1.807, 2.05) is 30.3 Å². The second kappa shape index (κ2) is 8.94. The molecule has 3 N–H and O–H groups in total.